The quantitative estimate of drug-likeness (QED) is 0.713. The lowest BCUT2D eigenvalue weighted by atomic mass is 10.4. The van der Waals surface area contributed by atoms with Crippen molar-refractivity contribution in [2.24, 2.45) is 0 Å². The average molecular weight is 206 g/mol. The number of thiophene rings is 1. The minimum absolute atomic E-state index is 0.815. The zero-order valence-corrected chi connectivity index (χ0v) is 9.51. The van der Waals surface area contributed by atoms with Gasteiger partial charge in [0.05, 0.1) is 4.88 Å². The van der Waals surface area contributed by atoms with E-state index in [1.165, 1.54) is 4.88 Å². The Bertz CT molecular complexity index is 368. The van der Waals surface area contributed by atoms with Crippen molar-refractivity contribution < 1.29 is 0 Å². The van der Waals surface area contributed by atoms with Gasteiger partial charge < -0.3 is 0 Å². The second-order valence-corrected chi connectivity index (χ2v) is 3.77. The first kappa shape index (κ1) is 10.9. The van der Waals surface area contributed by atoms with Crippen LogP contribution >= 0.6 is 11.3 Å². The van der Waals surface area contributed by atoms with Crippen molar-refractivity contribution in [3.8, 4) is 10.7 Å². The number of aromatic nitrogens is 2. The van der Waals surface area contributed by atoms with Crippen LogP contribution in [0.25, 0.3) is 10.7 Å². The van der Waals surface area contributed by atoms with E-state index in [1.54, 1.807) is 23.7 Å². The molecule has 0 fully saturated rings. The highest BCUT2D eigenvalue weighted by Crippen LogP contribution is 2.23. The largest absolute Gasteiger partial charge is 0.236 e. The molecule has 0 radical (unpaired) electrons. The van der Waals surface area contributed by atoms with Gasteiger partial charge >= 0.3 is 0 Å². The maximum Gasteiger partial charge on any atom is 0.169 e. The minimum atomic E-state index is 0.815. The van der Waals surface area contributed by atoms with Crippen LogP contribution in [0.4, 0.5) is 0 Å². The van der Waals surface area contributed by atoms with E-state index in [-0.39, 0.29) is 0 Å². The normalized spacial score (nSPS) is 9.07. The van der Waals surface area contributed by atoms with Crippen molar-refractivity contribution in [3.05, 3.63) is 35.5 Å². The Morgan fingerprint density at radius 1 is 1.07 bits per heavy atom. The maximum atomic E-state index is 4.16. The number of aryl methyl sites for hydroxylation is 1. The molecular formula is C11H14N2S. The van der Waals surface area contributed by atoms with Gasteiger partial charge in [0, 0.05) is 17.3 Å². The van der Waals surface area contributed by atoms with Gasteiger partial charge in [-0.25, -0.2) is 9.97 Å². The Balaban J connectivity index is 0.000000461. The lowest BCUT2D eigenvalue weighted by Crippen LogP contribution is -1.81. The van der Waals surface area contributed by atoms with Crippen LogP contribution in [0, 0.1) is 6.92 Å². The van der Waals surface area contributed by atoms with Crippen LogP contribution in [0.2, 0.25) is 0 Å². The van der Waals surface area contributed by atoms with Crippen LogP contribution in [-0.4, -0.2) is 9.97 Å². The molecule has 0 aliphatic rings. The average Bonchev–Trinajstić information content (AvgIpc) is 2.69. The lowest BCUT2D eigenvalue weighted by Gasteiger charge is -1.91. The molecule has 0 spiro atoms. The molecule has 0 bridgehead atoms. The standard InChI is InChI=1S/C9H8N2S.C2H6/c1-7-3-4-8(12-7)9-10-5-2-6-11-9;1-2/h2-6H,1H3;1-2H3. The summed E-state index contributed by atoms with van der Waals surface area (Å²) in [4.78, 5) is 10.7. The Labute approximate surface area is 88.7 Å². The molecule has 2 rings (SSSR count). The van der Waals surface area contributed by atoms with E-state index in [1.807, 2.05) is 19.9 Å². The van der Waals surface area contributed by atoms with Crippen molar-refractivity contribution in [1.29, 1.82) is 0 Å². The summed E-state index contributed by atoms with van der Waals surface area (Å²) in [5.41, 5.74) is 0. The van der Waals surface area contributed by atoms with Gasteiger partial charge in [0.25, 0.3) is 0 Å². The number of hydrogen-bond donors (Lipinski definition) is 0. The molecule has 0 aromatic carbocycles. The molecule has 2 aromatic rings. The minimum Gasteiger partial charge on any atom is -0.236 e. The van der Waals surface area contributed by atoms with Gasteiger partial charge in [-0.05, 0) is 25.1 Å². The molecule has 0 N–H and O–H groups in total. The molecule has 14 heavy (non-hydrogen) atoms. The fraction of sp³-hybridized carbons (Fsp3) is 0.273. The first-order valence-corrected chi connectivity index (χ1v) is 5.52. The molecule has 74 valence electrons. The topological polar surface area (TPSA) is 25.8 Å². The van der Waals surface area contributed by atoms with Crippen LogP contribution < -0.4 is 0 Å². The van der Waals surface area contributed by atoms with Crippen LogP contribution in [0.3, 0.4) is 0 Å². The first-order chi connectivity index (χ1) is 6.86. The van der Waals surface area contributed by atoms with Crippen LogP contribution in [0.5, 0.6) is 0 Å². The molecule has 2 nitrogen and oxygen atoms in total. The third kappa shape index (κ3) is 2.64. The highest BCUT2D eigenvalue weighted by atomic mass is 32.1. The third-order valence-corrected chi connectivity index (χ3v) is 2.52. The molecule has 0 amide bonds. The van der Waals surface area contributed by atoms with Crippen molar-refractivity contribution in [1.82, 2.24) is 9.97 Å². The monoisotopic (exact) mass is 206 g/mol. The van der Waals surface area contributed by atoms with Gasteiger partial charge in [-0.15, -0.1) is 11.3 Å². The highest BCUT2D eigenvalue weighted by Gasteiger charge is 2.00. The summed E-state index contributed by atoms with van der Waals surface area (Å²) >= 11 is 1.72. The van der Waals surface area contributed by atoms with Gasteiger partial charge in [-0.3, -0.25) is 0 Å². The summed E-state index contributed by atoms with van der Waals surface area (Å²) in [6.07, 6.45) is 3.52. The molecule has 2 heterocycles. The van der Waals surface area contributed by atoms with Gasteiger partial charge in [0.15, 0.2) is 5.82 Å². The first-order valence-electron chi connectivity index (χ1n) is 4.70. The van der Waals surface area contributed by atoms with Gasteiger partial charge in [0.2, 0.25) is 0 Å². The van der Waals surface area contributed by atoms with Crippen molar-refractivity contribution >= 4 is 11.3 Å². The maximum absolute atomic E-state index is 4.16. The second-order valence-electron chi connectivity index (χ2n) is 2.48. The van der Waals surface area contributed by atoms with Gasteiger partial charge in [0.1, 0.15) is 0 Å². The van der Waals surface area contributed by atoms with Crippen molar-refractivity contribution in [3.63, 3.8) is 0 Å². The van der Waals surface area contributed by atoms with E-state index >= 15 is 0 Å². The summed E-state index contributed by atoms with van der Waals surface area (Å²) in [5, 5.41) is 0. The number of nitrogens with zero attached hydrogens (tertiary/aromatic N) is 2. The van der Waals surface area contributed by atoms with E-state index in [2.05, 4.69) is 29.0 Å². The molecule has 3 heteroatoms. The van der Waals surface area contributed by atoms with E-state index in [9.17, 15) is 0 Å². The number of rotatable bonds is 1. The van der Waals surface area contributed by atoms with E-state index < -0.39 is 0 Å². The van der Waals surface area contributed by atoms with Crippen molar-refractivity contribution in [2.75, 3.05) is 0 Å². The number of hydrogen-bond acceptors (Lipinski definition) is 3. The van der Waals surface area contributed by atoms with E-state index in [4.69, 9.17) is 0 Å². The SMILES string of the molecule is CC.Cc1ccc(-c2ncccn2)s1. The molecule has 0 unspecified atom stereocenters. The molecule has 2 aromatic heterocycles. The van der Waals surface area contributed by atoms with Crippen LogP contribution in [-0.2, 0) is 0 Å². The summed E-state index contributed by atoms with van der Waals surface area (Å²) in [6, 6.07) is 5.95. The molecule has 0 atom stereocenters. The lowest BCUT2D eigenvalue weighted by molar-refractivity contribution is 1.19. The summed E-state index contributed by atoms with van der Waals surface area (Å²) in [7, 11) is 0. The summed E-state index contributed by atoms with van der Waals surface area (Å²) in [5.74, 6) is 0.815. The van der Waals surface area contributed by atoms with E-state index in [0.29, 0.717) is 0 Å². The molecule has 0 aliphatic carbocycles. The molecule has 0 saturated heterocycles. The second kappa shape index (κ2) is 5.50. The Kier molecular flexibility index (Phi) is 4.26. The summed E-state index contributed by atoms with van der Waals surface area (Å²) < 4.78 is 0. The van der Waals surface area contributed by atoms with Gasteiger partial charge in [-0.2, -0.15) is 0 Å². The van der Waals surface area contributed by atoms with Gasteiger partial charge in [-0.1, -0.05) is 13.8 Å². The predicted octanol–water partition coefficient (Wildman–Crippen LogP) is 3.54. The molecule has 0 aliphatic heterocycles. The fourth-order valence-corrected chi connectivity index (χ4v) is 1.80. The highest BCUT2D eigenvalue weighted by molar-refractivity contribution is 7.15. The fourth-order valence-electron chi connectivity index (χ4n) is 0.981. The third-order valence-electron chi connectivity index (χ3n) is 1.53. The Morgan fingerprint density at radius 3 is 2.21 bits per heavy atom. The molecule has 0 saturated carbocycles. The zero-order valence-electron chi connectivity index (χ0n) is 8.69. The van der Waals surface area contributed by atoms with E-state index in [0.717, 1.165) is 10.7 Å². The zero-order chi connectivity index (χ0) is 10.4. The predicted molar refractivity (Wildman–Crippen MR) is 61.4 cm³/mol. The Morgan fingerprint density at radius 2 is 1.71 bits per heavy atom. The smallest absolute Gasteiger partial charge is 0.169 e. The van der Waals surface area contributed by atoms with Crippen LogP contribution in [0.1, 0.15) is 18.7 Å². The Hall–Kier alpha value is -1.22. The summed E-state index contributed by atoms with van der Waals surface area (Å²) in [6.45, 7) is 6.08. The molecular weight excluding hydrogens is 192 g/mol. The van der Waals surface area contributed by atoms with Crippen LogP contribution in [0.15, 0.2) is 30.6 Å². The van der Waals surface area contributed by atoms with Crippen molar-refractivity contribution in [2.45, 2.75) is 20.8 Å².